The first-order valence-electron chi connectivity index (χ1n) is 9.16. The maximum absolute atomic E-state index is 12.4. The third-order valence-electron chi connectivity index (χ3n) is 4.56. The maximum atomic E-state index is 12.4. The van der Waals surface area contributed by atoms with E-state index in [4.69, 9.17) is 4.74 Å². The third kappa shape index (κ3) is 4.61. The highest BCUT2D eigenvalue weighted by molar-refractivity contribution is 6.02. The lowest BCUT2D eigenvalue weighted by molar-refractivity contribution is -0.138. The van der Waals surface area contributed by atoms with Gasteiger partial charge < -0.3 is 4.74 Å². The quantitative estimate of drug-likeness (QED) is 0.596. The molecule has 0 fully saturated rings. The number of aryl methyl sites for hydroxylation is 3. The second-order valence-electron chi connectivity index (χ2n) is 6.88. The highest BCUT2D eigenvalue weighted by atomic mass is 16.5. The van der Waals surface area contributed by atoms with Crippen molar-refractivity contribution in [3.8, 4) is 5.75 Å². The molecule has 0 unspecified atom stereocenters. The summed E-state index contributed by atoms with van der Waals surface area (Å²) in [6, 6.07) is 13.8. The second-order valence-corrected chi connectivity index (χ2v) is 6.88. The van der Waals surface area contributed by atoms with Gasteiger partial charge in [-0.05, 0) is 37.5 Å². The number of rotatable bonds is 5. The molecule has 1 amide bonds. The van der Waals surface area contributed by atoms with E-state index < -0.39 is 5.97 Å². The largest absolute Gasteiger partial charge is 0.426 e. The van der Waals surface area contributed by atoms with Crippen molar-refractivity contribution in [1.82, 2.24) is 5.01 Å². The van der Waals surface area contributed by atoms with Crippen LogP contribution in [-0.4, -0.2) is 29.1 Å². The van der Waals surface area contributed by atoms with E-state index in [0.717, 1.165) is 34.4 Å². The number of benzene rings is 2. The van der Waals surface area contributed by atoms with Gasteiger partial charge in [0.25, 0.3) is 0 Å². The summed E-state index contributed by atoms with van der Waals surface area (Å²) in [7, 11) is 0. The van der Waals surface area contributed by atoms with Crippen molar-refractivity contribution in [3.63, 3.8) is 0 Å². The van der Waals surface area contributed by atoms with Crippen LogP contribution in [0.15, 0.2) is 47.6 Å². The Hall–Kier alpha value is -2.95. The highest BCUT2D eigenvalue weighted by Gasteiger charge is 2.22. The lowest BCUT2D eigenvalue weighted by Crippen LogP contribution is -2.24. The minimum atomic E-state index is -0.398. The molecule has 5 nitrogen and oxygen atoms in total. The van der Waals surface area contributed by atoms with Crippen LogP contribution in [-0.2, 0) is 9.59 Å². The van der Waals surface area contributed by atoms with Crippen LogP contribution in [0.3, 0.4) is 0 Å². The zero-order valence-electron chi connectivity index (χ0n) is 16.0. The molecular formula is C22H24N2O3. The Morgan fingerprint density at radius 2 is 1.70 bits per heavy atom. The average molecular weight is 364 g/mol. The van der Waals surface area contributed by atoms with Gasteiger partial charge in [-0.2, -0.15) is 5.10 Å². The van der Waals surface area contributed by atoms with E-state index in [1.54, 1.807) is 0 Å². The molecule has 0 aromatic heterocycles. The summed E-state index contributed by atoms with van der Waals surface area (Å²) in [5, 5.41) is 5.86. The number of esters is 1. The molecule has 27 heavy (non-hydrogen) atoms. The fourth-order valence-electron chi connectivity index (χ4n) is 3.30. The monoisotopic (exact) mass is 364 g/mol. The van der Waals surface area contributed by atoms with Crippen molar-refractivity contribution in [2.24, 2.45) is 5.10 Å². The normalized spacial score (nSPS) is 13.4. The molecule has 0 saturated heterocycles. The Bertz CT molecular complexity index is 865. The third-order valence-corrected chi connectivity index (χ3v) is 4.56. The number of carbonyl (C=O) groups excluding carboxylic acids is 2. The Labute approximate surface area is 159 Å². The van der Waals surface area contributed by atoms with Crippen molar-refractivity contribution < 1.29 is 14.3 Å². The summed E-state index contributed by atoms with van der Waals surface area (Å²) in [6.45, 7) is 6.38. The van der Waals surface area contributed by atoms with E-state index in [9.17, 15) is 9.59 Å². The number of carbonyl (C=O) groups is 2. The Balaban J connectivity index is 1.55. The molecule has 0 spiro atoms. The summed E-state index contributed by atoms with van der Waals surface area (Å²) in [6.07, 6.45) is 0.856. The zero-order valence-corrected chi connectivity index (χ0v) is 16.0. The molecular weight excluding hydrogens is 340 g/mol. The Morgan fingerprint density at radius 1 is 1.04 bits per heavy atom. The molecule has 1 heterocycles. The maximum Gasteiger partial charge on any atom is 0.311 e. The molecule has 0 radical (unpaired) electrons. The second kappa shape index (κ2) is 8.16. The van der Waals surface area contributed by atoms with Gasteiger partial charge in [0.05, 0.1) is 18.7 Å². The van der Waals surface area contributed by atoms with Gasteiger partial charge in [0.1, 0.15) is 5.75 Å². The summed E-state index contributed by atoms with van der Waals surface area (Å²) >= 11 is 0. The van der Waals surface area contributed by atoms with E-state index in [-0.39, 0.29) is 18.7 Å². The van der Waals surface area contributed by atoms with Crippen LogP contribution in [0.5, 0.6) is 5.75 Å². The molecule has 0 saturated carbocycles. The SMILES string of the molecule is Cc1cc(C)c(OC(=O)CCC(=O)N2CCC(c3ccccc3)=N2)c(C)c1. The first kappa shape index (κ1) is 18.8. The van der Waals surface area contributed by atoms with Gasteiger partial charge in [0, 0.05) is 12.8 Å². The van der Waals surface area contributed by atoms with Crippen molar-refractivity contribution in [1.29, 1.82) is 0 Å². The van der Waals surface area contributed by atoms with Gasteiger partial charge in [-0.15, -0.1) is 0 Å². The lowest BCUT2D eigenvalue weighted by atomic mass is 10.1. The van der Waals surface area contributed by atoms with Crippen LogP contribution in [0, 0.1) is 20.8 Å². The summed E-state index contributed by atoms with van der Waals surface area (Å²) in [5.41, 5.74) is 4.89. The topological polar surface area (TPSA) is 59.0 Å². The smallest absolute Gasteiger partial charge is 0.311 e. The van der Waals surface area contributed by atoms with Crippen molar-refractivity contribution in [3.05, 3.63) is 64.7 Å². The van der Waals surface area contributed by atoms with E-state index in [2.05, 4.69) is 5.10 Å². The molecule has 140 valence electrons. The number of ether oxygens (including phenoxy) is 1. The Morgan fingerprint density at radius 3 is 2.37 bits per heavy atom. The fraction of sp³-hybridized carbons (Fsp3) is 0.318. The molecule has 0 bridgehead atoms. The van der Waals surface area contributed by atoms with E-state index in [1.165, 1.54) is 5.01 Å². The number of hydrazone groups is 1. The highest BCUT2D eigenvalue weighted by Crippen LogP contribution is 2.25. The minimum Gasteiger partial charge on any atom is -0.426 e. The predicted molar refractivity (Wildman–Crippen MR) is 105 cm³/mol. The molecule has 2 aromatic rings. The molecule has 1 aliphatic heterocycles. The van der Waals surface area contributed by atoms with Gasteiger partial charge in [-0.25, -0.2) is 5.01 Å². The van der Waals surface area contributed by atoms with Gasteiger partial charge in [-0.1, -0.05) is 48.0 Å². The molecule has 0 atom stereocenters. The van der Waals surface area contributed by atoms with Gasteiger partial charge in [0.15, 0.2) is 0 Å². The van der Waals surface area contributed by atoms with Crippen molar-refractivity contribution in [2.75, 3.05) is 6.54 Å². The molecule has 0 N–H and O–H groups in total. The summed E-state index contributed by atoms with van der Waals surface area (Å²) in [4.78, 5) is 24.5. The van der Waals surface area contributed by atoms with Crippen LogP contribution < -0.4 is 4.74 Å². The zero-order chi connectivity index (χ0) is 19.4. The molecule has 1 aliphatic rings. The molecule has 0 aliphatic carbocycles. The number of hydrogen-bond acceptors (Lipinski definition) is 4. The summed E-state index contributed by atoms with van der Waals surface area (Å²) < 4.78 is 5.49. The van der Waals surface area contributed by atoms with Crippen LogP contribution in [0.25, 0.3) is 0 Å². The molecule has 3 rings (SSSR count). The van der Waals surface area contributed by atoms with Crippen LogP contribution >= 0.6 is 0 Å². The first-order chi connectivity index (χ1) is 12.9. The predicted octanol–water partition coefficient (Wildman–Crippen LogP) is 3.93. The van der Waals surface area contributed by atoms with Gasteiger partial charge >= 0.3 is 5.97 Å². The molecule has 5 heteroatoms. The lowest BCUT2D eigenvalue weighted by Gasteiger charge is -2.13. The fourth-order valence-corrected chi connectivity index (χ4v) is 3.30. The van der Waals surface area contributed by atoms with E-state index in [1.807, 2.05) is 63.2 Å². The van der Waals surface area contributed by atoms with Gasteiger partial charge in [-0.3, -0.25) is 9.59 Å². The number of hydrogen-bond donors (Lipinski definition) is 0. The van der Waals surface area contributed by atoms with Crippen LogP contribution in [0.2, 0.25) is 0 Å². The number of nitrogens with zero attached hydrogens (tertiary/aromatic N) is 2. The average Bonchev–Trinajstić information content (AvgIpc) is 3.14. The number of amides is 1. The minimum absolute atomic E-state index is 0.0400. The van der Waals surface area contributed by atoms with Gasteiger partial charge in [0.2, 0.25) is 5.91 Å². The van der Waals surface area contributed by atoms with E-state index >= 15 is 0 Å². The Kier molecular flexibility index (Phi) is 5.69. The van der Waals surface area contributed by atoms with Crippen molar-refractivity contribution in [2.45, 2.75) is 40.0 Å². The first-order valence-corrected chi connectivity index (χ1v) is 9.16. The standard InChI is InChI=1S/C22H24N2O3/c1-15-13-16(2)22(17(3)14-15)27-21(26)10-9-20(25)24-12-11-19(23-24)18-7-5-4-6-8-18/h4-8,13-14H,9-12H2,1-3H3. The van der Waals surface area contributed by atoms with Crippen molar-refractivity contribution >= 4 is 17.6 Å². The van der Waals surface area contributed by atoms with Crippen LogP contribution in [0.1, 0.15) is 41.5 Å². The summed E-state index contributed by atoms with van der Waals surface area (Å²) in [5.74, 6) is 0.0312. The van der Waals surface area contributed by atoms with Crippen LogP contribution in [0.4, 0.5) is 0 Å². The molecule has 2 aromatic carbocycles. The van der Waals surface area contributed by atoms with E-state index in [0.29, 0.717) is 12.3 Å².